The van der Waals surface area contributed by atoms with E-state index >= 15 is 0 Å². The van der Waals surface area contributed by atoms with Gasteiger partial charge in [0.1, 0.15) is 39.3 Å². The van der Waals surface area contributed by atoms with Crippen molar-refractivity contribution in [2.45, 2.75) is 32.0 Å². The molecule has 2 amide bonds. The molecule has 8 nitrogen and oxygen atoms in total. The number of benzene rings is 1. The fraction of sp³-hybridized carbons (Fsp3) is 0.179. The van der Waals surface area contributed by atoms with Crippen molar-refractivity contribution in [1.29, 1.82) is 0 Å². The monoisotopic (exact) mass is 567 g/mol. The Balaban J connectivity index is 1.30. The molecular weight excluding hydrogens is 547 g/mol. The minimum Gasteiger partial charge on any atom is -0.486 e. The lowest BCUT2D eigenvalue weighted by molar-refractivity contribution is -0.140. The third kappa shape index (κ3) is 4.81. The second kappa shape index (κ2) is 9.87. The highest BCUT2D eigenvalue weighted by molar-refractivity contribution is 7.21. The first kappa shape index (κ1) is 25.7. The van der Waals surface area contributed by atoms with Crippen LogP contribution in [0.25, 0.3) is 21.5 Å². The van der Waals surface area contributed by atoms with E-state index in [4.69, 9.17) is 19.3 Å². The molecule has 0 saturated carbocycles. The topological polar surface area (TPSA) is 121 Å². The van der Waals surface area contributed by atoms with E-state index in [9.17, 15) is 22.8 Å². The Hall–Kier alpha value is -4.58. The largest absolute Gasteiger partial charge is 0.486 e. The van der Waals surface area contributed by atoms with E-state index in [2.05, 4.69) is 10.3 Å². The summed E-state index contributed by atoms with van der Waals surface area (Å²) in [6.45, 7) is 0.0762. The number of thiophene rings is 1. The molecule has 6 rings (SSSR count). The lowest BCUT2D eigenvalue weighted by Crippen LogP contribution is -2.16. The van der Waals surface area contributed by atoms with Crippen molar-refractivity contribution in [2.75, 3.05) is 5.32 Å². The number of hydrogen-bond acceptors (Lipinski definition) is 7. The molecular formula is C28H20F3N3O5S. The Morgan fingerprint density at radius 1 is 1.10 bits per heavy atom. The quantitative estimate of drug-likeness (QED) is 0.229. The number of furan rings is 2. The van der Waals surface area contributed by atoms with Gasteiger partial charge in [0.05, 0.1) is 12.0 Å². The molecule has 40 heavy (non-hydrogen) atoms. The SMILES string of the molecule is NC(=O)c1sc2nc(C(F)(F)F)cc(-c3ccco3)c2c1NC(=O)c1ccc(COc2ccc3c(c2)CCC3)o1. The smallest absolute Gasteiger partial charge is 0.433 e. The van der Waals surface area contributed by atoms with Gasteiger partial charge in [0.2, 0.25) is 0 Å². The first-order valence-electron chi connectivity index (χ1n) is 12.2. The summed E-state index contributed by atoms with van der Waals surface area (Å²) in [7, 11) is 0. The average Bonchev–Trinajstić information content (AvgIpc) is 3.72. The van der Waals surface area contributed by atoms with Crippen LogP contribution < -0.4 is 15.8 Å². The van der Waals surface area contributed by atoms with Crippen LogP contribution in [0.4, 0.5) is 18.9 Å². The van der Waals surface area contributed by atoms with E-state index in [1.807, 2.05) is 18.2 Å². The number of pyridine rings is 1. The van der Waals surface area contributed by atoms with Crippen LogP contribution in [0.2, 0.25) is 0 Å². The standard InChI is InChI=1S/C28H20F3N3O5S/c29-28(30,31)21-12-18(19-5-2-10-37-19)22-23(24(25(32)35)40-27(22)33-21)34-26(36)20-9-8-17(39-20)13-38-16-7-6-14-3-1-4-15(14)11-16/h2,5-12H,1,3-4,13H2,(H2,32,35)(H,34,36). The fourth-order valence-corrected chi connectivity index (χ4v) is 5.71. The second-order valence-corrected chi connectivity index (χ2v) is 10.2. The number of halogens is 3. The molecule has 1 aromatic carbocycles. The number of alkyl halides is 3. The first-order chi connectivity index (χ1) is 19.2. The lowest BCUT2D eigenvalue weighted by atomic mass is 10.1. The number of amides is 2. The molecule has 3 N–H and O–H groups in total. The molecule has 1 aliphatic carbocycles. The summed E-state index contributed by atoms with van der Waals surface area (Å²) in [6.07, 6.45) is -0.274. The number of aromatic nitrogens is 1. The summed E-state index contributed by atoms with van der Waals surface area (Å²) < 4.78 is 57.6. The number of fused-ring (bicyclic) bond motifs is 2. The van der Waals surface area contributed by atoms with Crippen LogP contribution in [0.15, 0.2) is 63.6 Å². The number of hydrogen-bond donors (Lipinski definition) is 2. The third-order valence-electron chi connectivity index (χ3n) is 6.54. The van der Waals surface area contributed by atoms with Gasteiger partial charge in [-0.1, -0.05) is 6.07 Å². The minimum atomic E-state index is -4.76. The maximum atomic E-state index is 13.6. The van der Waals surface area contributed by atoms with Crippen molar-refractivity contribution in [3.63, 3.8) is 0 Å². The predicted octanol–water partition coefficient (Wildman–Crippen LogP) is 6.59. The molecule has 0 spiro atoms. The van der Waals surface area contributed by atoms with Crippen molar-refractivity contribution < 1.29 is 36.3 Å². The van der Waals surface area contributed by atoms with Gasteiger partial charge in [-0.3, -0.25) is 9.59 Å². The van der Waals surface area contributed by atoms with Crippen LogP contribution in [0.5, 0.6) is 5.75 Å². The lowest BCUT2D eigenvalue weighted by Gasteiger charge is -2.10. The van der Waals surface area contributed by atoms with E-state index in [0.717, 1.165) is 25.3 Å². The summed E-state index contributed by atoms with van der Waals surface area (Å²) in [5, 5.41) is 2.67. The maximum absolute atomic E-state index is 13.6. The number of carbonyl (C=O) groups is 2. The molecule has 4 heterocycles. The van der Waals surface area contributed by atoms with E-state index in [1.54, 1.807) is 6.07 Å². The van der Waals surface area contributed by atoms with E-state index in [0.29, 0.717) is 22.8 Å². The first-order valence-corrected chi connectivity index (χ1v) is 13.0. The third-order valence-corrected chi connectivity index (χ3v) is 7.64. The van der Waals surface area contributed by atoms with Gasteiger partial charge in [-0.25, -0.2) is 4.98 Å². The molecule has 0 bridgehead atoms. The van der Waals surface area contributed by atoms with Crippen LogP contribution in [-0.4, -0.2) is 16.8 Å². The van der Waals surface area contributed by atoms with E-state index < -0.39 is 23.7 Å². The minimum absolute atomic E-state index is 0.00995. The van der Waals surface area contributed by atoms with Gasteiger partial charge in [0.25, 0.3) is 11.8 Å². The normalized spacial score (nSPS) is 13.0. The van der Waals surface area contributed by atoms with Gasteiger partial charge in [-0.2, -0.15) is 13.2 Å². The molecule has 204 valence electrons. The zero-order chi connectivity index (χ0) is 28.0. The number of aryl methyl sites for hydroxylation is 2. The molecule has 0 radical (unpaired) electrons. The Bertz CT molecular complexity index is 1750. The second-order valence-electron chi connectivity index (χ2n) is 9.17. The van der Waals surface area contributed by atoms with Gasteiger partial charge < -0.3 is 24.6 Å². The fourth-order valence-electron chi connectivity index (χ4n) is 4.71. The average molecular weight is 568 g/mol. The van der Waals surface area contributed by atoms with Crippen molar-refractivity contribution in [1.82, 2.24) is 4.98 Å². The van der Waals surface area contributed by atoms with Crippen molar-refractivity contribution in [3.8, 4) is 17.1 Å². The van der Waals surface area contributed by atoms with E-state index in [-0.39, 0.29) is 44.5 Å². The van der Waals surface area contributed by atoms with Crippen molar-refractivity contribution in [3.05, 3.63) is 88.0 Å². The highest BCUT2D eigenvalue weighted by atomic mass is 32.1. The molecule has 0 atom stereocenters. The maximum Gasteiger partial charge on any atom is 0.433 e. The number of primary amides is 1. The van der Waals surface area contributed by atoms with Crippen molar-refractivity contribution in [2.24, 2.45) is 5.73 Å². The van der Waals surface area contributed by atoms with E-state index in [1.165, 1.54) is 35.6 Å². The summed E-state index contributed by atoms with van der Waals surface area (Å²) in [5.41, 5.74) is 6.83. The van der Waals surface area contributed by atoms with Crippen LogP contribution in [-0.2, 0) is 25.6 Å². The van der Waals surface area contributed by atoms with Crippen molar-refractivity contribution >= 4 is 39.1 Å². The zero-order valence-corrected chi connectivity index (χ0v) is 21.4. The number of ether oxygens (including phenoxy) is 1. The number of rotatable bonds is 7. The summed E-state index contributed by atoms with van der Waals surface area (Å²) >= 11 is 0.638. The van der Waals surface area contributed by atoms with Crippen LogP contribution in [0, 0.1) is 0 Å². The van der Waals surface area contributed by atoms with Gasteiger partial charge in [-0.15, -0.1) is 11.3 Å². The zero-order valence-electron chi connectivity index (χ0n) is 20.6. The Morgan fingerprint density at radius 3 is 2.67 bits per heavy atom. The molecule has 0 fully saturated rings. The van der Waals surface area contributed by atoms with Gasteiger partial charge in [0.15, 0.2) is 5.76 Å². The Morgan fingerprint density at radius 2 is 1.93 bits per heavy atom. The van der Waals surface area contributed by atoms with Gasteiger partial charge in [-0.05, 0) is 72.9 Å². The Labute approximate surface area is 228 Å². The molecule has 4 aromatic heterocycles. The highest BCUT2D eigenvalue weighted by Crippen LogP contribution is 2.44. The van der Waals surface area contributed by atoms with Crippen LogP contribution in [0.3, 0.4) is 0 Å². The molecule has 0 saturated heterocycles. The molecule has 0 aliphatic heterocycles. The highest BCUT2D eigenvalue weighted by Gasteiger charge is 2.35. The number of anilines is 1. The summed E-state index contributed by atoms with van der Waals surface area (Å²) in [6, 6.07) is 12.7. The van der Waals surface area contributed by atoms with Gasteiger partial charge in [0, 0.05) is 10.9 Å². The van der Waals surface area contributed by atoms with Crippen LogP contribution in [0.1, 0.15) is 49.2 Å². The number of nitrogens with zero attached hydrogens (tertiary/aromatic N) is 1. The number of carbonyl (C=O) groups excluding carboxylic acids is 2. The molecule has 1 aliphatic rings. The number of nitrogens with one attached hydrogen (secondary N) is 1. The molecule has 5 aromatic rings. The predicted molar refractivity (Wildman–Crippen MR) is 140 cm³/mol. The summed E-state index contributed by atoms with van der Waals surface area (Å²) in [4.78, 5) is 28.8. The Kier molecular flexibility index (Phi) is 6.34. The van der Waals surface area contributed by atoms with Crippen LogP contribution >= 0.6 is 11.3 Å². The number of nitrogens with two attached hydrogens (primary N) is 1. The van der Waals surface area contributed by atoms with Gasteiger partial charge >= 0.3 is 6.18 Å². The molecule has 0 unspecified atom stereocenters. The summed E-state index contributed by atoms with van der Waals surface area (Å²) in [5.74, 6) is -0.622. The molecule has 12 heteroatoms.